The van der Waals surface area contributed by atoms with Crippen molar-refractivity contribution in [1.29, 1.82) is 5.26 Å². The Balaban J connectivity index is 3.17. The molecule has 0 fully saturated rings. The van der Waals surface area contributed by atoms with Gasteiger partial charge in [-0.25, -0.2) is 0 Å². The van der Waals surface area contributed by atoms with E-state index < -0.39 is 5.97 Å². The van der Waals surface area contributed by atoms with Crippen molar-refractivity contribution in [1.82, 2.24) is 0 Å². The third kappa shape index (κ3) is 2.06. The van der Waals surface area contributed by atoms with Crippen LogP contribution in [0.1, 0.15) is 18.1 Å². The first-order valence-electron chi connectivity index (χ1n) is 3.83. The molecular formula is C10H9NO2. The molecule has 3 nitrogen and oxygen atoms in total. The molecule has 66 valence electrons. The maximum Gasteiger partial charge on any atom is 0.308 e. The summed E-state index contributed by atoms with van der Waals surface area (Å²) in [5.41, 5.74) is 1.17. The van der Waals surface area contributed by atoms with E-state index in [4.69, 9.17) is 10.00 Å². The van der Waals surface area contributed by atoms with Crippen LogP contribution in [0, 0.1) is 18.3 Å². The summed E-state index contributed by atoms with van der Waals surface area (Å²) in [4.78, 5) is 10.7. The van der Waals surface area contributed by atoms with Gasteiger partial charge in [-0.2, -0.15) is 5.26 Å². The van der Waals surface area contributed by atoms with Crippen molar-refractivity contribution < 1.29 is 9.53 Å². The van der Waals surface area contributed by atoms with E-state index in [1.807, 2.05) is 6.07 Å². The molecule has 1 aromatic carbocycles. The SMILES string of the molecule is CC(=O)Oc1c(C)cccc1C#N. The summed E-state index contributed by atoms with van der Waals surface area (Å²) in [6.07, 6.45) is 0. The summed E-state index contributed by atoms with van der Waals surface area (Å²) in [7, 11) is 0. The van der Waals surface area contributed by atoms with Crippen molar-refractivity contribution >= 4 is 5.97 Å². The molecular weight excluding hydrogens is 166 g/mol. The Kier molecular flexibility index (Phi) is 2.65. The van der Waals surface area contributed by atoms with Gasteiger partial charge in [-0.15, -0.1) is 0 Å². The van der Waals surface area contributed by atoms with E-state index in [9.17, 15) is 4.79 Å². The highest BCUT2D eigenvalue weighted by Crippen LogP contribution is 2.22. The van der Waals surface area contributed by atoms with Crippen LogP contribution in [0.5, 0.6) is 5.75 Å². The third-order valence-electron chi connectivity index (χ3n) is 1.58. The number of rotatable bonds is 1. The standard InChI is InChI=1S/C10H9NO2/c1-7-4-3-5-9(6-11)10(7)13-8(2)12/h3-5H,1-2H3. The lowest BCUT2D eigenvalue weighted by Gasteiger charge is -2.05. The molecule has 0 aliphatic rings. The number of carbonyl (C=O) groups is 1. The second-order valence-corrected chi connectivity index (χ2v) is 2.66. The average Bonchev–Trinajstić information content (AvgIpc) is 2.08. The number of nitriles is 1. The summed E-state index contributed by atoms with van der Waals surface area (Å²) in [5, 5.41) is 8.71. The van der Waals surface area contributed by atoms with E-state index in [1.165, 1.54) is 6.92 Å². The Bertz CT molecular complexity index is 377. The van der Waals surface area contributed by atoms with Crippen LogP contribution in [0.3, 0.4) is 0 Å². The minimum Gasteiger partial charge on any atom is -0.425 e. The molecule has 13 heavy (non-hydrogen) atoms. The van der Waals surface area contributed by atoms with E-state index in [0.717, 1.165) is 5.56 Å². The Morgan fingerprint density at radius 3 is 2.77 bits per heavy atom. The smallest absolute Gasteiger partial charge is 0.308 e. The fraction of sp³-hybridized carbons (Fsp3) is 0.200. The largest absolute Gasteiger partial charge is 0.425 e. The van der Waals surface area contributed by atoms with Crippen LogP contribution in [0.25, 0.3) is 0 Å². The molecule has 0 heterocycles. The van der Waals surface area contributed by atoms with Crippen molar-refractivity contribution in [2.24, 2.45) is 0 Å². The van der Waals surface area contributed by atoms with E-state index in [2.05, 4.69) is 0 Å². The molecule has 3 heteroatoms. The minimum absolute atomic E-state index is 0.359. The first-order valence-corrected chi connectivity index (χ1v) is 3.83. The number of nitrogens with zero attached hydrogens (tertiary/aromatic N) is 1. The lowest BCUT2D eigenvalue weighted by molar-refractivity contribution is -0.131. The van der Waals surface area contributed by atoms with Crippen molar-refractivity contribution in [2.75, 3.05) is 0 Å². The van der Waals surface area contributed by atoms with Crippen molar-refractivity contribution in [3.05, 3.63) is 29.3 Å². The molecule has 0 aliphatic heterocycles. The fourth-order valence-corrected chi connectivity index (χ4v) is 1.02. The molecule has 1 aromatic rings. The third-order valence-corrected chi connectivity index (χ3v) is 1.58. The first-order chi connectivity index (χ1) is 6.15. The summed E-state index contributed by atoms with van der Waals surface area (Å²) >= 11 is 0. The molecule has 0 bridgehead atoms. The number of hydrogen-bond donors (Lipinski definition) is 0. The summed E-state index contributed by atoms with van der Waals surface area (Å²) in [6, 6.07) is 7.12. The average molecular weight is 175 g/mol. The van der Waals surface area contributed by atoms with Gasteiger partial charge in [0.25, 0.3) is 0 Å². The number of aryl methyl sites for hydroxylation is 1. The van der Waals surface area contributed by atoms with Crippen LogP contribution in [0.2, 0.25) is 0 Å². The molecule has 0 spiro atoms. The van der Waals surface area contributed by atoms with Gasteiger partial charge in [0.15, 0.2) is 5.75 Å². The number of esters is 1. The Hall–Kier alpha value is -1.82. The van der Waals surface area contributed by atoms with E-state index in [-0.39, 0.29) is 0 Å². The Labute approximate surface area is 76.6 Å². The Morgan fingerprint density at radius 1 is 1.54 bits per heavy atom. The molecule has 0 aromatic heterocycles. The molecule has 0 saturated heterocycles. The Morgan fingerprint density at radius 2 is 2.23 bits per heavy atom. The first kappa shape index (κ1) is 9.27. The predicted octanol–water partition coefficient (Wildman–Crippen LogP) is 1.79. The molecule has 0 saturated carbocycles. The van der Waals surface area contributed by atoms with Gasteiger partial charge in [-0.05, 0) is 18.6 Å². The maximum absolute atomic E-state index is 10.7. The van der Waals surface area contributed by atoms with Crippen LogP contribution < -0.4 is 4.74 Å². The molecule has 0 N–H and O–H groups in total. The topological polar surface area (TPSA) is 50.1 Å². The quantitative estimate of drug-likeness (QED) is 0.483. The summed E-state index contributed by atoms with van der Waals surface area (Å²) < 4.78 is 4.91. The van der Waals surface area contributed by atoms with E-state index >= 15 is 0 Å². The highest BCUT2D eigenvalue weighted by molar-refractivity contribution is 5.71. The zero-order chi connectivity index (χ0) is 9.84. The second-order valence-electron chi connectivity index (χ2n) is 2.66. The number of ether oxygens (including phenoxy) is 1. The molecule has 0 atom stereocenters. The normalized spacial score (nSPS) is 9.00. The van der Waals surface area contributed by atoms with Gasteiger partial charge in [0.2, 0.25) is 0 Å². The second kappa shape index (κ2) is 3.72. The minimum atomic E-state index is -0.411. The highest BCUT2D eigenvalue weighted by atomic mass is 16.5. The molecule has 0 radical (unpaired) electrons. The maximum atomic E-state index is 10.7. The van der Waals surface area contributed by atoms with Gasteiger partial charge in [0.05, 0.1) is 5.56 Å². The van der Waals surface area contributed by atoms with Gasteiger partial charge in [-0.3, -0.25) is 4.79 Å². The lowest BCUT2D eigenvalue weighted by Crippen LogP contribution is -2.04. The van der Waals surface area contributed by atoms with Crippen LogP contribution >= 0.6 is 0 Å². The zero-order valence-corrected chi connectivity index (χ0v) is 7.50. The van der Waals surface area contributed by atoms with Gasteiger partial charge in [0, 0.05) is 6.92 Å². The van der Waals surface area contributed by atoms with Crippen LogP contribution in [-0.2, 0) is 4.79 Å². The van der Waals surface area contributed by atoms with E-state index in [0.29, 0.717) is 11.3 Å². The number of hydrogen-bond acceptors (Lipinski definition) is 3. The van der Waals surface area contributed by atoms with Crippen molar-refractivity contribution in [2.45, 2.75) is 13.8 Å². The number of benzene rings is 1. The molecule has 1 rings (SSSR count). The highest BCUT2D eigenvalue weighted by Gasteiger charge is 2.07. The molecule has 0 aliphatic carbocycles. The summed E-state index contributed by atoms with van der Waals surface area (Å²) in [5.74, 6) is -0.0525. The zero-order valence-electron chi connectivity index (χ0n) is 7.50. The molecule has 0 unspecified atom stereocenters. The van der Waals surface area contributed by atoms with Gasteiger partial charge >= 0.3 is 5.97 Å². The summed E-state index contributed by atoms with van der Waals surface area (Å²) in [6.45, 7) is 3.10. The van der Waals surface area contributed by atoms with Gasteiger partial charge < -0.3 is 4.74 Å². The number of para-hydroxylation sites is 1. The van der Waals surface area contributed by atoms with Crippen molar-refractivity contribution in [3.63, 3.8) is 0 Å². The van der Waals surface area contributed by atoms with Gasteiger partial charge in [0.1, 0.15) is 6.07 Å². The van der Waals surface area contributed by atoms with Crippen LogP contribution in [-0.4, -0.2) is 5.97 Å². The monoisotopic (exact) mass is 175 g/mol. The fourth-order valence-electron chi connectivity index (χ4n) is 1.02. The number of carbonyl (C=O) groups excluding carboxylic acids is 1. The molecule has 0 amide bonds. The van der Waals surface area contributed by atoms with Crippen molar-refractivity contribution in [3.8, 4) is 11.8 Å². The van der Waals surface area contributed by atoms with Crippen LogP contribution in [0.15, 0.2) is 18.2 Å². The van der Waals surface area contributed by atoms with Gasteiger partial charge in [-0.1, -0.05) is 12.1 Å². The predicted molar refractivity (Wildman–Crippen MR) is 47.2 cm³/mol. The van der Waals surface area contributed by atoms with Crippen LogP contribution in [0.4, 0.5) is 0 Å². The lowest BCUT2D eigenvalue weighted by atomic mass is 10.1. The van der Waals surface area contributed by atoms with E-state index in [1.54, 1.807) is 25.1 Å².